The molecular weight excluding hydrogens is 443 g/mol. The van der Waals surface area contributed by atoms with Gasteiger partial charge in [-0.3, -0.25) is 14.4 Å². The molecule has 34 heavy (non-hydrogen) atoms. The van der Waals surface area contributed by atoms with Gasteiger partial charge in [-0.2, -0.15) is 0 Å². The minimum absolute atomic E-state index is 0.360. The van der Waals surface area contributed by atoms with E-state index in [1.54, 1.807) is 31.2 Å². The van der Waals surface area contributed by atoms with E-state index >= 15 is 0 Å². The van der Waals surface area contributed by atoms with Crippen LogP contribution in [0.4, 0.5) is 9.18 Å². The molecule has 0 aliphatic carbocycles. The monoisotopic (exact) mass is 470 g/mol. The maximum absolute atomic E-state index is 13.0. The number of nitrogens with zero attached hydrogens (tertiary/aromatic N) is 1. The predicted molar refractivity (Wildman–Crippen MR) is 124 cm³/mol. The molecular formula is C25H27FN2O6. The summed E-state index contributed by atoms with van der Waals surface area (Å²) in [4.78, 5) is 49.2. The number of hydrogen-bond donors (Lipinski definition) is 1. The first-order valence-corrected chi connectivity index (χ1v) is 11.1. The molecule has 180 valence electrons. The number of carbonyl (C=O) groups is 4. The van der Waals surface area contributed by atoms with Gasteiger partial charge in [0.25, 0.3) is 5.91 Å². The lowest BCUT2D eigenvalue weighted by Crippen LogP contribution is -2.45. The average molecular weight is 470 g/mol. The Bertz CT molecular complexity index is 1150. The van der Waals surface area contributed by atoms with Crippen molar-refractivity contribution in [2.24, 2.45) is 0 Å². The van der Waals surface area contributed by atoms with Gasteiger partial charge in [-0.05, 0) is 25.5 Å². The van der Waals surface area contributed by atoms with Gasteiger partial charge >= 0.3 is 12.1 Å². The Labute approximate surface area is 196 Å². The number of fused-ring (bicyclic) bond motifs is 3. The van der Waals surface area contributed by atoms with Crippen LogP contribution in [0, 0.1) is 0 Å². The number of rotatable bonds is 10. The SMILES string of the molecule is CCCC(C)OC(=O)CC(NC(=O)COC(=O)n1c2ccccc2c2ccccc21)C(=O)CF. The number of para-hydroxylation sites is 2. The highest BCUT2D eigenvalue weighted by atomic mass is 19.1. The molecule has 0 spiro atoms. The third-order valence-electron chi connectivity index (χ3n) is 5.34. The molecule has 1 aromatic heterocycles. The van der Waals surface area contributed by atoms with Crippen molar-refractivity contribution in [1.82, 2.24) is 9.88 Å². The highest BCUT2D eigenvalue weighted by Crippen LogP contribution is 2.28. The van der Waals surface area contributed by atoms with Crippen molar-refractivity contribution < 1.29 is 33.0 Å². The maximum Gasteiger partial charge on any atom is 0.419 e. The number of nitrogens with one attached hydrogen (secondary N) is 1. The van der Waals surface area contributed by atoms with Gasteiger partial charge in [0.05, 0.1) is 23.6 Å². The molecule has 0 bridgehead atoms. The van der Waals surface area contributed by atoms with Crippen LogP contribution < -0.4 is 5.32 Å². The lowest BCUT2D eigenvalue weighted by Gasteiger charge is -2.18. The molecule has 0 radical (unpaired) electrons. The number of aromatic nitrogens is 1. The van der Waals surface area contributed by atoms with Crippen molar-refractivity contribution in [3.05, 3.63) is 48.5 Å². The molecule has 0 aliphatic heterocycles. The molecule has 0 saturated carbocycles. The number of esters is 1. The van der Waals surface area contributed by atoms with E-state index in [0.29, 0.717) is 17.5 Å². The Morgan fingerprint density at radius 3 is 2.15 bits per heavy atom. The molecule has 1 heterocycles. The fourth-order valence-electron chi connectivity index (χ4n) is 3.79. The van der Waals surface area contributed by atoms with Crippen LogP contribution in [0.25, 0.3) is 21.8 Å². The number of ether oxygens (including phenoxy) is 2. The third kappa shape index (κ3) is 5.78. The van der Waals surface area contributed by atoms with Gasteiger partial charge in [0.15, 0.2) is 12.4 Å². The Hall–Kier alpha value is -3.75. The van der Waals surface area contributed by atoms with Gasteiger partial charge in [0.1, 0.15) is 12.7 Å². The van der Waals surface area contributed by atoms with E-state index in [0.717, 1.165) is 17.2 Å². The topological polar surface area (TPSA) is 104 Å². The van der Waals surface area contributed by atoms with E-state index in [1.165, 1.54) is 4.57 Å². The average Bonchev–Trinajstić information content (AvgIpc) is 3.16. The number of halogens is 1. The van der Waals surface area contributed by atoms with Crippen LogP contribution >= 0.6 is 0 Å². The second kappa shape index (κ2) is 11.4. The van der Waals surface area contributed by atoms with Crippen LogP contribution in [0.2, 0.25) is 0 Å². The summed E-state index contributed by atoms with van der Waals surface area (Å²) in [6, 6.07) is 13.1. The van der Waals surface area contributed by atoms with E-state index < -0.39 is 49.5 Å². The van der Waals surface area contributed by atoms with Crippen molar-refractivity contribution in [3.63, 3.8) is 0 Å². The summed E-state index contributed by atoms with van der Waals surface area (Å²) in [5, 5.41) is 3.96. The predicted octanol–water partition coefficient (Wildman–Crippen LogP) is 3.92. The Morgan fingerprint density at radius 1 is 1.00 bits per heavy atom. The molecule has 0 fully saturated rings. The molecule has 1 N–H and O–H groups in total. The highest BCUT2D eigenvalue weighted by Gasteiger charge is 2.26. The van der Waals surface area contributed by atoms with E-state index in [2.05, 4.69) is 5.32 Å². The maximum atomic E-state index is 13.0. The van der Waals surface area contributed by atoms with Crippen LogP contribution in [0.1, 0.15) is 33.1 Å². The number of hydrogen-bond acceptors (Lipinski definition) is 6. The van der Waals surface area contributed by atoms with Crippen molar-refractivity contribution in [2.75, 3.05) is 13.3 Å². The molecule has 0 aliphatic rings. The van der Waals surface area contributed by atoms with E-state index in [9.17, 15) is 23.6 Å². The first kappa shape index (κ1) is 24.9. The second-order valence-electron chi connectivity index (χ2n) is 7.94. The highest BCUT2D eigenvalue weighted by molar-refractivity contribution is 6.12. The Morgan fingerprint density at radius 2 is 1.59 bits per heavy atom. The second-order valence-corrected chi connectivity index (χ2v) is 7.94. The molecule has 8 nitrogen and oxygen atoms in total. The van der Waals surface area contributed by atoms with Gasteiger partial charge < -0.3 is 14.8 Å². The molecule has 9 heteroatoms. The molecule has 3 aromatic rings. The smallest absolute Gasteiger partial charge is 0.419 e. The van der Waals surface area contributed by atoms with Crippen molar-refractivity contribution >= 4 is 45.6 Å². The lowest BCUT2D eigenvalue weighted by molar-refractivity contribution is -0.150. The summed E-state index contributed by atoms with van der Waals surface area (Å²) < 4.78 is 24.7. The minimum atomic E-state index is -1.41. The fraction of sp³-hybridized carbons (Fsp3) is 0.360. The zero-order chi connectivity index (χ0) is 24.7. The number of alkyl halides is 1. The Kier molecular flexibility index (Phi) is 8.34. The zero-order valence-electron chi connectivity index (χ0n) is 19.1. The summed E-state index contributed by atoms with van der Waals surface area (Å²) in [6.45, 7) is 1.57. The van der Waals surface area contributed by atoms with Gasteiger partial charge in [-0.1, -0.05) is 49.7 Å². The van der Waals surface area contributed by atoms with Gasteiger partial charge in [0, 0.05) is 10.8 Å². The normalized spacial score (nSPS) is 12.8. The summed E-state index contributed by atoms with van der Waals surface area (Å²) in [7, 11) is 0. The van der Waals surface area contributed by atoms with Gasteiger partial charge in [0.2, 0.25) is 0 Å². The van der Waals surface area contributed by atoms with Gasteiger partial charge in [-0.15, -0.1) is 0 Å². The summed E-state index contributed by atoms with van der Waals surface area (Å²) in [6.07, 6.45) is -0.215. The first-order chi connectivity index (χ1) is 16.3. The number of amides is 1. The molecule has 3 rings (SSSR count). The molecule has 0 saturated heterocycles. The van der Waals surface area contributed by atoms with Crippen molar-refractivity contribution in [2.45, 2.75) is 45.3 Å². The molecule has 1 amide bonds. The van der Waals surface area contributed by atoms with E-state index in [4.69, 9.17) is 9.47 Å². The summed E-state index contributed by atoms with van der Waals surface area (Å²) in [5.41, 5.74) is 1.23. The molecule has 2 atom stereocenters. The van der Waals surface area contributed by atoms with Gasteiger partial charge in [-0.25, -0.2) is 13.8 Å². The number of benzene rings is 2. The quantitative estimate of drug-likeness (QED) is 0.451. The van der Waals surface area contributed by atoms with Crippen molar-refractivity contribution in [1.29, 1.82) is 0 Å². The Balaban J connectivity index is 1.66. The minimum Gasteiger partial charge on any atom is -0.463 e. The van der Waals surface area contributed by atoms with Crippen LogP contribution in [-0.4, -0.2) is 53.7 Å². The zero-order valence-corrected chi connectivity index (χ0v) is 19.1. The van der Waals surface area contributed by atoms with Crippen LogP contribution in [0.5, 0.6) is 0 Å². The van der Waals surface area contributed by atoms with E-state index in [1.807, 2.05) is 31.2 Å². The number of Topliss-reactive ketones (excluding diaryl/α,β-unsaturated/α-hetero) is 1. The van der Waals surface area contributed by atoms with E-state index in [-0.39, 0.29) is 6.10 Å². The number of carbonyl (C=O) groups excluding carboxylic acids is 4. The molecule has 2 unspecified atom stereocenters. The largest absolute Gasteiger partial charge is 0.463 e. The number of ketones is 1. The van der Waals surface area contributed by atoms with Crippen LogP contribution in [-0.2, 0) is 23.9 Å². The molecule has 2 aromatic carbocycles. The van der Waals surface area contributed by atoms with Crippen LogP contribution in [0.3, 0.4) is 0 Å². The standard InChI is InChI=1S/C25H27FN2O6/c1-3-8-16(2)34-24(31)13-19(22(29)14-26)27-23(30)15-33-25(32)28-20-11-6-4-9-17(20)18-10-5-7-12-21(18)28/h4-7,9-12,16,19H,3,8,13-15H2,1-2H3,(H,27,30). The lowest BCUT2D eigenvalue weighted by atomic mass is 10.1. The summed E-state index contributed by atoms with van der Waals surface area (Å²) in [5.74, 6) is -2.53. The fourth-order valence-corrected chi connectivity index (χ4v) is 3.79. The summed E-state index contributed by atoms with van der Waals surface area (Å²) >= 11 is 0. The third-order valence-corrected chi connectivity index (χ3v) is 5.34. The van der Waals surface area contributed by atoms with Crippen molar-refractivity contribution in [3.8, 4) is 0 Å². The first-order valence-electron chi connectivity index (χ1n) is 11.1. The van der Waals surface area contributed by atoms with Crippen LogP contribution in [0.15, 0.2) is 48.5 Å².